The summed E-state index contributed by atoms with van der Waals surface area (Å²) in [5.74, 6) is 0.277. The van der Waals surface area contributed by atoms with E-state index in [2.05, 4.69) is 5.32 Å². The highest BCUT2D eigenvalue weighted by Crippen LogP contribution is 2.16. The number of carbonyl (C=O) groups excluding carboxylic acids is 1. The zero-order valence-electron chi connectivity index (χ0n) is 20.5. The van der Waals surface area contributed by atoms with E-state index >= 15 is 0 Å². The Hall–Kier alpha value is -0.530. The molecule has 0 saturated carbocycles. The molecule has 0 radical (unpaired) electrons. The van der Waals surface area contributed by atoms with Crippen molar-refractivity contribution in [3.05, 3.63) is 0 Å². The number of hydrogen-bond donors (Lipinski definition) is 1. The minimum absolute atomic E-state index is 0.277. The SMILES string of the molecule is O=C1CCCCCCCCCCCCCCCCCCCCCCCCCCCN1. The molecule has 0 aromatic rings. The van der Waals surface area contributed by atoms with E-state index in [0.29, 0.717) is 0 Å². The molecule has 1 amide bonds. The molecule has 1 rings (SSSR count). The molecule has 0 atom stereocenters. The molecule has 0 bridgehead atoms. The predicted molar refractivity (Wildman–Crippen MR) is 133 cm³/mol. The summed E-state index contributed by atoms with van der Waals surface area (Å²) < 4.78 is 0. The Labute approximate surface area is 189 Å². The Kier molecular flexibility index (Phi) is 21.2. The molecule has 1 fully saturated rings. The Bertz CT molecular complexity index is 323. The Morgan fingerprint density at radius 1 is 0.333 bits per heavy atom. The standard InChI is InChI=1S/C28H55NO/c30-28-26-24-22-20-18-16-14-12-10-8-6-4-2-1-3-5-7-9-11-13-15-17-19-21-23-25-27-29-28/h1-27H2,(H,29,30). The molecule has 1 N–H and O–H groups in total. The Morgan fingerprint density at radius 3 is 0.867 bits per heavy atom. The van der Waals surface area contributed by atoms with E-state index in [1.165, 1.54) is 148 Å². The first-order chi connectivity index (χ1) is 14.9. The van der Waals surface area contributed by atoms with Crippen molar-refractivity contribution in [1.29, 1.82) is 0 Å². The lowest BCUT2D eigenvalue weighted by atomic mass is 10.0. The summed E-state index contributed by atoms with van der Waals surface area (Å²) in [6.07, 6.45) is 35.5. The van der Waals surface area contributed by atoms with Gasteiger partial charge in [-0.3, -0.25) is 4.79 Å². The zero-order valence-corrected chi connectivity index (χ0v) is 20.5. The van der Waals surface area contributed by atoms with E-state index in [4.69, 9.17) is 0 Å². The first-order valence-electron chi connectivity index (χ1n) is 14.2. The lowest BCUT2D eigenvalue weighted by Gasteiger charge is -2.06. The van der Waals surface area contributed by atoms with Gasteiger partial charge in [0.25, 0.3) is 0 Å². The van der Waals surface area contributed by atoms with Crippen LogP contribution in [0.4, 0.5) is 0 Å². The van der Waals surface area contributed by atoms with Gasteiger partial charge in [0.05, 0.1) is 0 Å². The number of nitrogens with one attached hydrogen (secondary N) is 1. The van der Waals surface area contributed by atoms with Crippen molar-refractivity contribution in [2.24, 2.45) is 0 Å². The lowest BCUT2D eigenvalue weighted by molar-refractivity contribution is -0.121. The van der Waals surface area contributed by atoms with E-state index < -0.39 is 0 Å². The van der Waals surface area contributed by atoms with Crippen LogP contribution in [0.25, 0.3) is 0 Å². The maximum Gasteiger partial charge on any atom is 0.219 e. The van der Waals surface area contributed by atoms with Gasteiger partial charge in [-0.15, -0.1) is 0 Å². The minimum Gasteiger partial charge on any atom is -0.356 e. The third-order valence-electron chi connectivity index (χ3n) is 6.90. The molecule has 0 aliphatic carbocycles. The summed E-state index contributed by atoms with van der Waals surface area (Å²) in [4.78, 5) is 11.9. The number of rotatable bonds is 0. The number of hydrogen-bond acceptors (Lipinski definition) is 1. The smallest absolute Gasteiger partial charge is 0.219 e. The van der Waals surface area contributed by atoms with Crippen LogP contribution in [0.3, 0.4) is 0 Å². The molecule has 30 heavy (non-hydrogen) atoms. The number of carbonyl (C=O) groups is 1. The molecule has 0 spiro atoms. The average molecular weight is 422 g/mol. The van der Waals surface area contributed by atoms with Crippen molar-refractivity contribution in [3.63, 3.8) is 0 Å². The molecule has 2 nitrogen and oxygen atoms in total. The van der Waals surface area contributed by atoms with Gasteiger partial charge in [-0.1, -0.05) is 148 Å². The van der Waals surface area contributed by atoms with Gasteiger partial charge in [-0.05, 0) is 12.8 Å². The monoisotopic (exact) mass is 421 g/mol. The third-order valence-corrected chi connectivity index (χ3v) is 6.90. The first-order valence-corrected chi connectivity index (χ1v) is 14.2. The second-order valence-corrected chi connectivity index (χ2v) is 9.94. The van der Waals surface area contributed by atoms with E-state index in [-0.39, 0.29) is 5.91 Å². The maximum absolute atomic E-state index is 11.9. The summed E-state index contributed by atoms with van der Waals surface area (Å²) in [7, 11) is 0. The second-order valence-electron chi connectivity index (χ2n) is 9.94. The van der Waals surface area contributed by atoms with Crippen molar-refractivity contribution in [2.45, 2.75) is 167 Å². The fraction of sp³-hybridized carbons (Fsp3) is 0.964. The fourth-order valence-corrected chi connectivity index (χ4v) is 4.79. The molecular weight excluding hydrogens is 366 g/mol. The van der Waals surface area contributed by atoms with Crippen molar-refractivity contribution >= 4 is 5.91 Å². The number of amides is 1. The molecule has 1 aliphatic heterocycles. The van der Waals surface area contributed by atoms with Gasteiger partial charge in [0.15, 0.2) is 0 Å². The van der Waals surface area contributed by atoms with E-state index in [1.54, 1.807) is 0 Å². The van der Waals surface area contributed by atoms with Crippen LogP contribution in [0.1, 0.15) is 167 Å². The van der Waals surface area contributed by atoms with Crippen molar-refractivity contribution in [2.75, 3.05) is 6.54 Å². The van der Waals surface area contributed by atoms with Gasteiger partial charge in [0.2, 0.25) is 5.91 Å². The summed E-state index contributed by atoms with van der Waals surface area (Å²) in [6.45, 7) is 0.888. The largest absolute Gasteiger partial charge is 0.356 e. The second kappa shape index (κ2) is 23.1. The highest BCUT2D eigenvalue weighted by molar-refractivity contribution is 5.75. The van der Waals surface area contributed by atoms with Crippen LogP contribution in [0, 0.1) is 0 Å². The van der Waals surface area contributed by atoms with Crippen LogP contribution >= 0.6 is 0 Å². The Balaban J connectivity index is 2.07. The van der Waals surface area contributed by atoms with Gasteiger partial charge in [0.1, 0.15) is 0 Å². The van der Waals surface area contributed by atoms with Gasteiger partial charge in [-0.2, -0.15) is 0 Å². The normalized spacial score (nSPS) is 23.4. The minimum atomic E-state index is 0.277. The maximum atomic E-state index is 11.9. The topological polar surface area (TPSA) is 29.1 Å². The molecule has 1 heterocycles. The van der Waals surface area contributed by atoms with Crippen molar-refractivity contribution in [1.82, 2.24) is 5.32 Å². The van der Waals surface area contributed by atoms with Gasteiger partial charge in [0, 0.05) is 13.0 Å². The summed E-state index contributed by atoms with van der Waals surface area (Å²) in [5.41, 5.74) is 0. The molecule has 2 heteroatoms. The lowest BCUT2D eigenvalue weighted by Crippen LogP contribution is -2.23. The van der Waals surface area contributed by atoms with Crippen molar-refractivity contribution in [3.8, 4) is 0 Å². The van der Waals surface area contributed by atoms with Gasteiger partial charge in [-0.25, -0.2) is 0 Å². The van der Waals surface area contributed by atoms with E-state index in [0.717, 1.165) is 25.8 Å². The van der Waals surface area contributed by atoms with Gasteiger partial charge < -0.3 is 5.32 Å². The molecule has 1 aliphatic rings. The molecule has 0 aromatic carbocycles. The van der Waals surface area contributed by atoms with Crippen molar-refractivity contribution < 1.29 is 4.79 Å². The van der Waals surface area contributed by atoms with Crippen LogP contribution in [0.2, 0.25) is 0 Å². The molecule has 0 unspecified atom stereocenters. The molecule has 1 saturated heterocycles. The van der Waals surface area contributed by atoms with Crippen LogP contribution in [-0.4, -0.2) is 12.5 Å². The van der Waals surface area contributed by atoms with Crippen LogP contribution in [-0.2, 0) is 4.79 Å². The van der Waals surface area contributed by atoms with Crippen LogP contribution < -0.4 is 5.32 Å². The van der Waals surface area contributed by atoms with Crippen LogP contribution in [0.5, 0.6) is 0 Å². The average Bonchev–Trinajstić information content (AvgIpc) is 2.75. The van der Waals surface area contributed by atoms with Crippen LogP contribution in [0.15, 0.2) is 0 Å². The summed E-state index contributed by atoms with van der Waals surface area (Å²) in [6, 6.07) is 0. The van der Waals surface area contributed by atoms with E-state index in [9.17, 15) is 4.79 Å². The molecule has 178 valence electrons. The molecule has 0 aromatic heterocycles. The zero-order chi connectivity index (χ0) is 21.4. The predicted octanol–water partition coefficient (Wildman–Crippen LogP) is 9.26. The molecular formula is C28H55NO. The fourth-order valence-electron chi connectivity index (χ4n) is 4.79. The van der Waals surface area contributed by atoms with Gasteiger partial charge >= 0.3 is 0 Å². The van der Waals surface area contributed by atoms with E-state index in [1.807, 2.05) is 0 Å². The summed E-state index contributed by atoms with van der Waals surface area (Å²) >= 11 is 0. The third kappa shape index (κ3) is 20.7. The highest BCUT2D eigenvalue weighted by atomic mass is 16.1. The highest BCUT2D eigenvalue weighted by Gasteiger charge is 2.01. The quantitative estimate of drug-likeness (QED) is 0.415. The summed E-state index contributed by atoms with van der Waals surface area (Å²) in [5, 5.41) is 3.12. The Morgan fingerprint density at radius 2 is 0.567 bits per heavy atom. The first kappa shape index (κ1) is 27.5.